The molecule has 0 aliphatic rings. The van der Waals surface area contributed by atoms with Gasteiger partial charge in [0.05, 0.1) is 5.56 Å². The Hall–Kier alpha value is -2.08. The Bertz CT molecular complexity index is 597. The van der Waals surface area contributed by atoms with E-state index < -0.39 is 0 Å². The summed E-state index contributed by atoms with van der Waals surface area (Å²) in [5.74, 6) is 0.292. The Morgan fingerprint density at radius 3 is 2.95 bits per heavy atom. The number of benzene rings is 1. The van der Waals surface area contributed by atoms with Crippen LogP contribution in [0.25, 0.3) is 0 Å². The van der Waals surface area contributed by atoms with Crippen LogP contribution in [0, 0.1) is 0 Å². The average molecular weight is 281 g/mol. The fourth-order valence-electron chi connectivity index (χ4n) is 1.61. The van der Waals surface area contributed by atoms with Crippen molar-refractivity contribution in [1.82, 2.24) is 20.1 Å². The molecule has 2 aromatic rings. The molecule has 0 spiro atoms. The summed E-state index contributed by atoms with van der Waals surface area (Å²) < 4.78 is 1.78. The maximum Gasteiger partial charge on any atom is 0.255 e. The van der Waals surface area contributed by atoms with Crippen molar-refractivity contribution in [3.05, 3.63) is 40.9 Å². The molecule has 0 radical (unpaired) electrons. The first-order chi connectivity index (χ1) is 9.08. The van der Waals surface area contributed by atoms with Crippen molar-refractivity contribution in [2.75, 3.05) is 6.54 Å². The van der Waals surface area contributed by atoms with E-state index in [1.165, 1.54) is 12.1 Å². The third kappa shape index (κ3) is 3.23. The molecular formula is C12H13ClN4O2. The largest absolute Gasteiger partial charge is 0.507 e. The lowest BCUT2D eigenvalue weighted by atomic mass is 10.2. The minimum absolute atomic E-state index is 0.136. The van der Waals surface area contributed by atoms with Gasteiger partial charge < -0.3 is 15.0 Å². The highest BCUT2D eigenvalue weighted by atomic mass is 35.5. The Morgan fingerprint density at radius 1 is 1.53 bits per heavy atom. The van der Waals surface area contributed by atoms with Crippen LogP contribution in [0.15, 0.2) is 24.5 Å². The predicted octanol–water partition coefficient (Wildman–Crippen LogP) is 1.15. The van der Waals surface area contributed by atoms with E-state index in [-0.39, 0.29) is 17.2 Å². The summed E-state index contributed by atoms with van der Waals surface area (Å²) in [6.07, 6.45) is 2.17. The summed E-state index contributed by atoms with van der Waals surface area (Å²) in [7, 11) is 1.84. The summed E-state index contributed by atoms with van der Waals surface area (Å²) >= 11 is 5.70. The molecule has 100 valence electrons. The molecule has 0 bridgehead atoms. The number of aryl methyl sites for hydroxylation is 1. The first-order valence-electron chi connectivity index (χ1n) is 5.67. The molecule has 2 N–H and O–H groups in total. The first-order valence-corrected chi connectivity index (χ1v) is 6.05. The number of hydrogen-bond donors (Lipinski definition) is 2. The quantitative estimate of drug-likeness (QED) is 0.880. The van der Waals surface area contributed by atoms with Crippen molar-refractivity contribution in [1.29, 1.82) is 0 Å². The molecule has 0 fully saturated rings. The lowest BCUT2D eigenvalue weighted by Crippen LogP contribution is -2.26. The zero-order valence-electron chi connectivity index (χ0n) is 10.3. The van der Waals surface area contributed by atoms with Gasteiger partial charge in [0.25, 0.3) is 5.91 Å². The number of hydrogen-bond acceptors (Lipinski definition) is 4. The maximum absolute atomic E-state index is 11.8. The van der Waals surface area contributed by atoms with E-state index in [9.17, 15) is 9.90 Å². The fourth-order valence-corrected chi connectivity index (χ4v) is 1.78. The van der Waals surface area contributed by atoms with Crippen LogP contribution in [-0.4, -0.2) is 32.3 Å². The SMILES string of the molecule is Cn1cnnc1CCNC(=O)c1ccc(Cl)cc1O. The third-order valence-electron chi connectivity index (χ3n) is 2.64. The first kappa shape index (κ1) is 13.4. The van der Waals surface area contributed by atoms with Crippen LogP contribution in [0.3, 0.4) is 0 Å². The number of carbonyl (C=O) groups is 1. The number of rotatable bonds is 4. The van der Waals surface area contributed by atoms with Crippen molar-refractivity contribution in [2.24, 2.45) is 7.05 Å². The van der Waals surface area contributed by atoms with Crippen LogP contribution in [0.1, 0.15) is 16.2 Å². The van der Waals surface area contributed by atoms with Crippen LogP contribution in [-0.2, 0) is 13.5 Å². The maximum atomic E-state index is 11.8. The molecule has 0 aliphatic heterocycles. The van der Waals surface area contributed by atoms with Crippen LogP contribution in [0.4, 0.5) is 0 Å². The molecule has 1 heterocycles. The number of phenols is 1. The van der Waals surface area contributed by atoms with Gasteiger partial charge in [-0.05, 0) is 18.2 Å². The van der Waals surface area contributed by atoms with Gasteiger partial charge in [-0.3, -0.25) is 4.79 Å². The Labute approximate surface area is 115 Å². The molecule has 19 heavy (non-hydrogen) atoms. The second-order valence-electron chi connectivity index (χ2n) is 4.03. The number of phenolic OH excluding ortho intramolecular Hbond substituents is 1. The Kier molecular flexibility index (Phi) is 4.01. The monoisotopic (exact) mass is 280 g/mol. The molecule has 0 aliphatic carbocycles. The number of nitrogens with one attached hydrogen (secondary N) is 1. The van der Waals surface area contributed by atoms with Crippen LogP contribution < -0.4 is 5.32 Å². The van der Waals surface area contributed by atoms with E-state index >= 15 is 0 Å². The summed E-state index contributed by atoms with van der Waals surface area (Å²) in [6.45, 7) is 0.410. The summed E-state index contributed by atoms with van der Waals surface area (Å²) in [5.41, 5.74) is 0.197. The number of carbonyl (C=O) groups excluding carboxylic acids is 1. The van der Waals surface area contributed by atoms with Crippen LogP contribution in [0.2, 0.25) is 5.02 Å². The standard InChI is InChI=1S/C12H13ClN4O2/c1-17-7-15-16-11(17)4-5-14-12(19)9-3-2-8(13)6-10(9)18/h2-3,6-7,18H,4-5H2,1H3,(H,14,19). The smallest absolute Gasteiger partial charge is 0.255 e. The second kappa shape index (κ2) is 5.71. The van der Waals surface area contributed by atoms with E-state index in [4.69, 9.17) is 11.6 Å². The van der Waals surface area contributed by atoms with E-state index in [0.29, 0.717) is 18.0 Å². The minimum Gasteiger partial charge on any atom is -0.507 e. The van der Waals surface area contributed by atoms with Crippen molar-refractivity contribution < 1.29 is 9.90 Å². The van der Waals surface area contributed by atoms with E-state index in [0.717, 1.165) is 5.82 Å². The van der Waals surface area contributed by atoms with E-state index in [1.807, 2.05) is 7.05 Å². The topological polar surface area (TPSA) is 80.0 Å². The number of nitrogens with zero attached hydrogens (tertiary/aromatic N) is 3. The van der Waals surface area contributed by atoms with Crippen molar-refractivity contribution in [3.8, 4) is 5.75 Å². The molecule has 6 nitrogen and oxygen atoms in total. The van der Waals surface area contributed by atoms with Crippen molar-refractivity contribution >= 4 is 17.5 Å². The van der Waals surface area contributed by atoms with Gasteiger partial charge in [0.1, 0.15) is 17.9 Å². The summed E-state index contributed by atoms with van der Waals surface area (Å²) in [5, 5.41) is 20.4. The fraction of sp³-hybridized carbons (Fsp3) is 0.250. The highest BCUT2D eigenvalue weighted by Gasteiger charge is 2.11. The number of amides is 1. The van der Waals surface area contributed by atoms with Gasteiger partial charge in [0.2, 0.25) is 0 Å². The zero-order chi connectivity index (χ0) is 13.8. The number of aromatic nitrogens is 3. The average Bonchev–Trinajstić information content (AvgIpc) is 2.75. The summed E-state index contributed by atoms with van der Waals surface area (Å²) in [4.78, 5) is 11.8. The van der Waals surface area contributed by atoms with Gasteiger partial charge in [0, 0.05) is 25.0 Å². The Morgan fingerprint density at radius 2 is 2.32 bits per heavy atom. The molecular weight excluding hydrogens is 268 g/mol. The van der Waals surface area contributed by atoms with E-state index in [2.05, 4.69) is 15.5 Å². The van der Waals surface area contributed by atoms with Gasteiger partial charge in [-0.15, -0.1) is 10.2 Å². The van der Waals surface area contributed by atoms with Crippen LogP contribution in [0.5, 0.6) is 5.75 Å². The molecule has 0 saturated heterocycles. The molecule has 1 aromatic heterocycles. The highest BCUT2D eigenvalue weighted by molar-refractivity contribution is 6.30. The van der Waals surface area contributed by atoms with E-state index in [1.54, 1.807) is 17.0 Å². The predicted molar refractivity (Wildman–Crippen MR) is 70.2 cm³/mol. The van der Waals surface area contributed by atoms with Crippen LogP contribution >= 0.6 is 11.6 Å². The minimum atomic E-state index is -0.351. The molecule has 0 unspecified atom stereocenters. The van der Waals surface area contributed by atoms with Gasteiger partial charge in [-0.25, -0.2) is 0 Å². The number of aromatic hydroxyl groups is 1. The van der Waals surface area contributed by atoms with Gasteiger partial charge in [-0.2, -0.15) is 0 Å². The zero-order valence-corrected chi connectivity index (χ0v) is 11.1. The lowest BCUT2D eigenvalue weighted by molar-refractivity contribution is 0.0951. The molecule has 0 saturated carbocycles. The number of halogens is 1. The van der Waals surface area contributed by atoms with Crippen molar-refractivity contribution in [2.45, 2.75) is 6.42 Å². The molecule has 1 aromatic carbocycles. The normalized spacial score (nSPS) is 10.4. The van der Waals surface area contributed by atoms with Gasteiger partial charge in [0.15, 0.2) is 0 Å². The highest BCUT2D eigenvalue weighted by Crippen LogP contribution is 2.21. The molecule has 1 amide bonds. The Balaban J connectivity index is 1.93. The molecule has 0 atom stereocenters. The summed E-state index contributed by atoms with van der Waals surface area (Å²) in [6, 6.07) is 4.37. The van der Waals surface area contributed by atoms with Crippen molar-refractivity contribution in [3.63, 3.8) is 0 Å². The van der Waals surface area contributed by atoms with Gasteiger partial charge >= 0.3 is 0 Å². The lowest BCUT2D eigenvalue weighted by Gasteiger charge is -2.06. The third-order valence-corrected chi connectivity index (χ3v) is 2.88. The van der Waals surface area contributed by atoms with Gasteiger partial charge in [-0.1, -0.05) is 11.6 Å². The molecule has 2 rings (SSSR count). The molecule has 7 heteroatoms. The second-order valence-corrected chi connectivity index (χ2v) is 4.46.